The predicted molar refractivity (Wildman–Crippen MR) is 93.4 cm³/mol. The molecule has 0 unspecified atom stereocenters. The van der Waals surface area contributed by atoms with Gasteiger partial charge >= 0.3 is 0 Å². The fourth-order valence-electron chi connectivity index (χ4n) is 2.94. The minimum absolute atomic E-state index is 0.117. The summed E-state index contributed by atoms with van der Waals surface area (Å²) in [6, 6.07) is 7.22. The van der Waals surface area contributed by atoms with E-state index in [1.165, 1.54) is 27.3 Å². The van der Waals surface area contributed by atoms with Crippen LogP contribution < -0.4 is 10.9 Å². The van der Waals surface area contributed by atoms with Gasteiger partial charge in [0.1, 0.15) is 6.54 Å². The van der Waals surface area contributed by atoms with Crippen LogP contribution >= 0.6 is 11.3 Å². The van der Waals surface area contributed by atoms with Crippen LogP contribution in [0.5, 0.6) is 0 Å². The highest BCUT2D eigenvalue weighted by atomic mass is 32.1. The molecule has 7 heteroatoms. The lowest BCUT2D eigenvalue weighted by atomic mass is 10.0. The molecule has 0 saturated heterocycles. The highest BCUT2D eigenvalue weighted by molar-refractivity contribution is 7.15. The number of carbonyl (C=O) groups excluding carboxylic acids is 1. The lowest BCUT2D eigenvalue weighted by Gasteiger charge is -2.06. The third-order valence-corrected chi connectivity index (χ3v) is 5.22. The molecular formula is C17H16N4O2S. The van der Waals surface area contributed by atoms with Gasteiger partial charge in [-0.05, 0) is 31.7 Å². The van der Waals surface area contributed by atoms with E-state index in [1.54, 1.807) is 18.3 Å². The molecule has 1 amide bonds. The molecule has 0 bridgehead atoms. The van der Waals surface area contributed by atoms with Crippen LogP contribution in [0, 0.1) is 0 Å². The number of fused-ring (bicyclic) bond motifs is 2. The zero-order valence-corrected chi connectivity index (χ0v) is 13.8. The van der Waals surface area contributed by atoms with Gasteiger partial charge in [-0.15, -0.1) is 11.3 Å². The number of thiazole rings is 1. The molecule has 1 aliphatic rings. The Hall–Kier alpha value is -2.54. The maximum atomic E-state index is 12.4. The van der Waals surface area contributed by atoms with Gasteiger partial charge in [0.25, 0.3) is 5.56 Å². The van der Waals surface area contributed by atoms with Gasteiger partial charge < -0.3 is 5.32 Å². The largest absolute Gasteiger partial charge is 0.300 e. The molecule has 1 N–H and O–H groups in total. The molecule has 2 heterocycles. The fourth-order valence-corrected chi connectivity index (χ4v) is 4.01. The molecule has 0 saturated carbocycles. The normalized spacial score (nSPS) is 13.7. The van der Waals surface area contributed by atoms with E-state index in [1.807, 2.05) is 12.1 Å². The van der Waals surface area contributed by atoms with Crippen molar-refractivity contribution >= 4 is 33.1 Å². The van der Waals surface area contributed by atoms with Crippen LogP contribution in [0.2, 0.25) is 0 Å². The van der Waals surface area contributed by atoms with Crippen LogP contribution in [-0.4, -0.2) is 20.7 Å². The van der Waals surface area contributed by atoms with Crippen molar-refractivity contribution in [1.29, 1.82) is 0 Å². The second-order valence-corrected chi connectivity index (χ2v) is 6.92. The van der Waals surface area contributed by atoms with E-state index >= 15 is 0 Å². The van der Waals surface area contributed by atoms with Crippen molar-refractivity contribution in [2.45, 2.75) is 32.2 Å². The Kier molecular flexibility index (Phi) is 3.86. The molecular weight excluding hydrogens is 324 g/mol. The Morgan fingerprint density at radius 2 is 2.08 bits per heavy atom. The molecule has 0 fully saturated rings. The Balaban J connectivity index is 1.53. The summed E-state index contributed by atoms with van der Waals surface area (Å²) in [5.41, 5.74) is 0.837. The Morgan fingerprint density at radius 3 is 2.96 bits per heavy atom. The smallest absolute Gasteiger partial charge is 0.275 e. The van der Waals surface area contributed by atoms with Gasteiger partial charge in [-0.2, -0.15) is 5.10 Å². The molecule has 6 nitrogen and oxygen atoms in total. The topological polar surface area (TPSA) is 76.9 Å². The number of rotatable bonds is 3. The Bertz CT molecular complexity index is 953. The lowest BCUT2D eigenvalue weighted by molar-refractivity contribution is -0.117. The van der Waals surface area contributed by atoms with Gasteiger partial charge in [-0.3, -0.25) is 9.59 Å². The number of nitrogens with one attached hydrogen (secondary N) is 1. The van der Waals surface area contributed by atoms with Crippen molar-refractivity contribution < 1.29 is 4.79 Å². The summed E-state index contributed by atoms with van der Waals surface area (Å²) >= 11 is 1.53. The number of carbonyl (C=O) groups is 1. The molecule has 0 aliphatic heterocycles. The van der Waals surface area contributed by atoms with E-state index in [4.69, 9.17) is 0 Å². The van der Waals surface area contributed by atoms with Crippen molar-refractivity contribution in [2.75, 3.05) is 5.32 Å². The molecule has 1 aromatic carbocycles. The first kappa shape index (κ1) is 15.0. The van der Waals surface area contributed by atoms with Crippen LogP contribution in [0.4, 0.5) is 5.13 Å². The Labute approximate surface area is 142 Å². The highest BCUT2D eigenvalue weighted by Gasteiger charge is 2.17. The standard InChI is InChI=1S/C17H16N4O2S/c22-15(20-17-19-13-7-3-4-8-14(13)24-17)10-21-16(23)12-6-2-1-5-11(12)9-18-21/h1-2,5-6,9H,3-4,7-8,10H2,(H,19,20,22). The van der Waals surface area contributed by atoms with E-state index in [0.717, 1.165) is 30.3 Å². The van der Waals surface area contributed by atoms with Gasteiger partial charge in [0, 0.05) is 10.3 Å². The van der Waals surface area contributed by atoms with Crippen molar-refractivity contribution in [1.82, 2.24) is 14.8 Å². The summed E-state index contributed by atoms with van der Waals surface area (Å²) in [6.07, 6.45) is 5.95. The summed E-state index contributed by atoms with van der Waals surface area (Å²) in [5, 5.41) is 8.81. The van der Waals surface area contributed by atoms with Gasteiger partial charge in [0.15, 0.2) is 5.13 Å². The van der Waals surface area contributed by atoms with Crippen molar-refractivity contribution in [3.63, 3.8) is 0 Å². The summed E-state index contributed by atoms with van der Waals surface area (Å²) in [7, 11) is 0. The number of hydrogen-bond donors (Lipinski definition) is 1. The first-order valence-corrected chi connectivity index (χ1v) is 8.75. The maximum Gasteiger partial charge on any atom is 0.275 e. The maximum absolute atomic E-state index is 12.4. The number of anilines is 1. The van der Waals surface area contributed by atoms with Crippen LogP contribution in [0.3, 0.4) is 0 Å². The van der Waals surface area contributed by atoms with Crippen LogP contribution in [0.15, 0.2) is 35.3 Å². The average molecular weight is 340 g/mol. The summed E-state index contributed by atoms with van der Waals surface area (Å²) in [4.78, 5) is 30.4. The van der Waals surface area contributed by atoms with Crippen LogP contribution in [0.1, 0.15) is 23.4 Å². The van der Waals surface area contributed by atoms with Crippen molar-refractivity contribution in [3.05, 3.63) is 51.4 Å². The molecule has 0 spiro atoms. The third-order valence-electron chi connectivity index (χ3n) is 4.15. The molecule has 1 aliphatic carbocycles. The quantitative estimate of drug-likeness (QED) is 0.794. The van der Waals surface area contributed by atoms with E-state index in [-0.39, 0.29) is 18.0 Å². The fraction of sp³-hybridized carbons (Fsp3) is 0.294. The number of aromatic nitrogens is 3. The zero-order valence-electron chi connectivity index (χ0n) is 13.0. The monoisotopic (exact) mass is 340 g/mol. The van der Waals surface area contributed by atoms with Crippen molar-refractivity contribution in [3.8, 4) is 0 Å². The number of aryl methyl sites for hydroxylation is 2. The van der Waals surface area contributed by atoms with Gasteiger partial charge in [-0.1, -0.05) is 18.2 Å². The lowest BCUT2D eigenvalue weighted by Crippen LogP contribution is -2.29. The zero-order chi connectivity index (χ0) is 16.5. The predicted octanol–water partition coefficient (Wildman–Crippen LogP) is 2.37. The van der Waals surface area contributed by atoms with Gasteiger partial charge in [-0.25, -0.2) is 9.67 Å². The van der Waals surface area contributed by atoms with E-state index in [9.17, 15) is 9.59 Å². The van der Waals surface area contributed by atoms with Gasteiger partial charge in [0.2, 0.25) is 5.91 Å². The number of benzene rings is 1. The molecule has 2 aromatic heterocycles. The second kappa shape index (κ2) is 6.16. The van der Waals surface area contributed by atoms with E-state index in [2.05, 4.69) is 15.4 Å². The molecule has 3 aromatic rings. The molecule has 122 valence electrons. The second-order valence-electron chi connectivity index (χ2n) is 5.84. The highest BCUT2D eigenvalue weighted by Crippen LogP contribution is 2.29. The molecule has 0 atom stereocenters. The summed E-state index contributed by atoms with van der Waals surface area (Å²) in [5.74, 6) is -0.286. The number of amides is 1. The van der Waals surface area contributed by atoms with Gasteiger partial charge in [0.05, 0.1) is 17.3 Å². The molecule has 0 radical (unpaired) electrons. The van der Waals surface area contributed by atoms with Crippen molar-refractivity contribution in [2.24, 2.45) is 0 Å². The molecule has 4 rings (SSSR count). The van der Waals surface area contributed by atoms with E-state index < -0.39 is 0 Å². The minimum Gasteiger partial charge on any atom is -0.300 e. The number of hydrogen-bond acceptors (Lipinski definition) is 5. The molecule has 24 heavy (non-hydrogen) atoms. The third kappa shape index (κ3) is 2.82. The number of nitrogens with zero attached hydrogens (tertiary/aromatic N) is 3. The van der Waals surface area contributed by atoms with Crippen LogP contribution in [0.25, 0.3) is 10.8 Å². The first-order valence-electron chi connectivity index (χ1n) is 7.94. The average Bonchev–Trinajstić information content (AvgIpc) is 2.99. The summed E-state index contributed by atoms with van der Waals surface area (Å²) < 4.78 is 1.19. The Morgan fingerprint density at radius 1 is 1.25 bits per heavy atom. The van der Waals surface area contributed by atoms with E-state index in [0.29, 0.717) is 10.5 Å². The SMILES string of the molecule is O=C(Cn1ncc2ccccc2c1=O)Nc1nc2c(s1)CCCC2. The van der Waals surface area contributed by atoms with Crippen LogP contribution in [-0.2, 0) is 24.2 Å². The first-order chi connectivity index (χ1) is 11.7. The summed E-state index contributed by atoms with van der Waals surface area (Å²) in [6.45, 7) is -0.117. The minimum atomic E-state index is -0.286.